The minimum atomic E-state index is -4.25. The summed E-state index contributed by atoms with van der Waals surface area (Å²) in [4.78, 5) is 13.0. The highest BCUT2D eigenvalue weighted by Crippen LogP contribution is 2.22. The van der Waals surface area contributed by atoms with E-state index in [2.05, 4.69) is 5.32 Å². The Kier molecular flexibility index (Phi) is 6.26. The van der Waals surface area contributed by atoms with Crippen LogP contribution in [0.3, 0.4) is 0 Å². The summed E-state index contributed by atoms with van der Waals surface area (Å²) in [6.07, 6.45) is -5.72. The Balaban J connectivity index is 0.00000256. The average Bonchev–Trinajstić information content (AvgIpc) is 2.11. The van der Waals surface area contributed by atoms with Crippen molar-refractivity contribution in [3.63, 3.8) is 0 Å². The van der Waals surface area contributed by atoms with E-state index in [9.17, 15) is 18.0 Å². The second-order valence-corrected chi connectivity index (χ2v) is 4.38. The van der Waals surface area contributed by atoms with Gasteiger partial charge < -0.3 is 10.2 Å². The molecule has 0 spiro atoms. The molecule has 1 fully saturated rings. The number of carbonyl (C=O) groups excluding carboxylic acids is 1. The molecule has 0 saturated carbocycles. The first-order valence-corrected chi connectivity index (χ1v) is 5.38. The van der Waals surface area contributed by atoms with E-state index in [1.165, 1.54) is 4.90 Å². The van der Waals surface area contributed by atoms with Crippen molar-refractivity contribution in [2.75, 3.05) is 13.1 Å². The van der Waals surface area contributed by atoms with E-state index in [0.29, 0.717) is 13.1 Å². The summed E-state index contributed by atoms with van der Waals surface area (Å²) in [6.45, 7) is 4.81. The Bertz CT molecular complexity index is 250. The van der Waals surface area contributed by atoms with Gasteiger partial charge in [-0.15, -0.1) is 12.4 Å². The van der Waals surface area contributed by atoms with E-state index in [4.69, 9.17) is 0 Å². The van der Waals surface area contributed by atoms with Gasteiger partial charge in [-0.3, -0.25) is 4.79 Å². The maximum Gasteiger partial charge on any atom is 0.389 e. The Morgan fingerprint density at radius 2 is 1.76 bits per heavy atom. The van der Waals surface area contributed by atoms with Crippen molar-refractivity contribution in [1.82, 2.24) is 10.2 Å². The molecule has 3 nitrogen and oxygen atoms in total. The Hall–Kier alpha value is -0.490. The summed E-state index contributed by atoms with van der Waals surface area (Å²) >= 11 is 0. The van der Waals surface area contributed by atoms with Gasteiger partial charge >= 0.3 is 6.18 Å². The van der Waals surface area contributed by atoms with Gasteiger partial charge in [0.2, 0.25) is 5.91 Å². The maximum absolute atomic E-state index is 12.0. The highest BCUT2D eigenvalue weighted by atomic mass is 35.5. The van der Waals surface area contributed by atoms with Gasteiger partial charge in [0.15, 0.2) is 0 Å². The van der Waals surface area contributed by atoms with Gasteiger partial charge in [-0.25, -0.2) is 0 Å². The number of rotatable bonds is 2. The first-order chi connectivity index (χ1) is 7.28. The molecule has 1 heterocycles. The number of nitrogens with zero attached hydrogens (tertiary/aromatic N) is 1. The minimum absolute atomic E-state index is 0. The average molecular weight is 275 g/mol. The summed E-state index contributed by atoms with van der Waals surface area (Å²) in [5.41, 5.74) is 0. The van der Waals surface area contributed by atoms with Crippen LogP contribution in [0.2, 0.25) is 0 Å². The van der Waals surface area contributed by atoms with E-state index in [1.807, 2.05) is 13.8 Å². The molecule has 17 heavy (non-hydrogen) atoms. The molecular formula is C10H18ClF3N2O. The van der Waals surface area contributed by atoms with Crippen LogP contribution in [-0.2, 0) is 4.79 Å². The number of amides is 1. The van der Waals surface area contributed by atoms with Crippen LogP contribution in [0.25, 0.3) is 0 Å². The van der Waals surface area contributed by atoms with E-state index >= 15 is 0 Å². The lowest BCUT2D eigenvalue weighted by atomic mass is 10.1. The van der Waals surface area contributed by atoms with Gasteiger partial charge in [-0.1, -0.05) is 0 Å². The number of hydrogen-bond acceptors (Lipinski definition) is 2. The highest BCUT2D eigenvalue weighted by molar-refractivity contribution is 5.85. The van der Waals surface area contributed by atoms with Crippen LogP contribution in [0.1, 0.15) is 26.7 Å². The van der Waals surface area contributed by atoms with Gasteiger partial charge in [0.1, 0.15) is 0 Å². The summed E-state index contributed by atoms with van der Waals surface area (Å²) in [5.74, 6) is -0.405. The fraction of sp³-hybridized carbons (Fsp3) is 0.900. The van der Waals surface area contributed by atoms with E-state index in [0.717, 1.165) is 0 Å². The predicted octanol–water partition coefficient (Wildman–Crippen LogP) is 1.96. The summed E-state index contributed by atoms with van der Waals surface area (Å²) in [5, 5.41) is 3.22. The van der Waals surface area contributed by atoms with Crippen LogP contribution in [-0.4, -0.2) is 42.2 Å². The number of hydrogen-bond donors (Lipinski definition) is 1. The number of halogens is 4. The normalized spacial score (nSPS) is 25.4. The molecule has 2 atom stereocenters. The van der Waals surface area contributed by atoms with Crippen LogP contribution >= 0.6 is 12.4 Å². The third-order valence-corrected chi connectivity index (χ3v) is 2.53. The van der Waals surface area contributed by atoms with Crippen LogP contribution in [0.5, 0.6) is 0 Å². The van der Waals surface area contributed by atoms with Crippen molar-refractivity contribution in [3.05, 3.63) is 0 Å². The molecule has 1 amide bonds. The standard InChI is InChI=1S/C10H17F3N2O.ClH/c1-7-5-15(6-8(2)14-7)9(16)3-4-10(11,12)13;/h7-8,14H,3-6H2,1-2H3;1H. The SMILES string of the molecule is CC1CN(C(=O)CCC(F)(F)F)CC(C)N1.Cl. The molecule has 0 aliphatic carbocycles. The van der Waals surface area contributed by atoms with Crippen LogP contribution in [0, 0.1) is 0 Å². The van der Waals surface area contributed by atoms with Crippen LogP contribution in [0.15, 0.2) is 0 Å². The minimum Gasteiger partial charge on any atom is -0.340 e. The summed E-state index contributed by atoms with van der Waals surface area (Å²) in [6, 6.07) is 0.275. The third-order valence-electron chi connectivity index (χ3n) is 2.53. The maximum atomic E-state index is 12.0. The molecule has 0 radical (unpaired) electrons. The molecule has 0 aromatic carbocycles. The second kappa shape index (κ2) is 6.44. The predicted molar refractivity (Wildman–Crippen MR) is 61.2 cm³/mol. The Labute approximate surface area is 105 Å². The number of nitrogens with one attached hydrogen (secondary N) is 1. The lowest BCUT2D eigenvalue weighted by molar-refractivity contribution is -0.150. The highest BCUT2D eigenvalue weighted by Gasteiger charge is 2.31. The number of piperazine rings is 1. The lowest BCUT2D eigenvalue weighted by Crippen LogP contribution is -2.55. The van der Waals surface area contributed by atoms with Crippen molar-refractivity contribution < 1.29 is 18.0 Å². The fourth-order valence-corrected chi connectivity index (χ4v) is 1.94. The van der Waals surface area contributed by atoms with Crippen molar-refractivity contribution in [2.45, 2.75) is 44.9 Å². The molecular weight excluding hydrogens is 257 g/mol. The van der Waals surface area contributed by atoms with Gasteiger partial charge in [-0.05, 0) is 13.8 Å². The van der Waals surface area contributed by atoms with Crippen LogP contribution < -0.4 is 5.32 Å². The van der Waals surface area contributed by atoms with Gasteiger partial charge in [0, 0.05) is 31.6 Å². The van der Waals surface area contributed by atoms with Crippen LogP contribution in [0.4, 0.5) is 13.2 Å². The molecule has 1 aliphatic rings. The zero-order valence-corrected chi connectivity index (χ0v) is 10.7. The number of alkyl halides is 3. The summed E-state index contributed by atoms with van der Waals surface area (Å²) in [7, 11) is 0. The Morgan fingerprint density at radius 1 is 1.29 bits per heavy atom. The van der Waals surface area contributed by atoms with E-state index < -0.39 is 24.9 Å². The quantitative estimate of drug-likeness (QED) is 0.835. The molecule has 0 aromatic rings. The van der Waals surface area contributed by atoms with E-state index in [1.54, 1.807) is 0 Å². The topological polar surface area (TPSA) is 32.3 Å². The van der Waals surface area contributed by atoms with Gasteiger partial charge in [0.05, 0.1) is 6.42 Å². The molecule has 0 aromatic heterocycles. The molecule has 102 valence electrons. The smallest absolute Gasteiger partial charge is 0.340 e. The van der Waals surface area contributed by atoms with Crippen molar-refractivity contribution in [2.24, 2.45) is 0 Å². The van der Waals surface area contributed by atoms with Crippen molar-refractivity contribution in [3.8, 4) is 0 Å². The zero-order valence-electron chi connectivity index (χ0n) is 9.88. The lowest BCUT2D eigenvalue weighted by Gasteiger charge is -2.36. The third kappa shape index (κ3) is 6.12. The fourth-order valence-electron chi connectivity index (χ4n) is 1.94. The first-order valence-electron chi connectivity index (χ1n) is 5.38. The molecule has 1 saturated heterocycles. The largest absolute Gasteiger partial charge is 0.389 e. The molecule has 2 unspecified atom stereocenters. The van der Waals surface area contributed by atoms with Gasteiger partial charge in [-0.2, -0.15) is 13.2 Å². The second-order valence-electron chi connectivity index (χ2n) is 4.38. The first kappa shape index (κ1) is 16.5. The molecule has 0 bridgehead atoms. The Morgan fingerprint density at radius 3 is 2.18 bits per heavy atom. The van der Waals surface area contributed by atoms with Crippen molar-refractivity contribution >= 4 is 18.3 Å². The molecule has 7 heteroatoms. The monoisotopic (exact) mass is 274 g/mol. The van der Waals surface area contributed by atoms with Gasteiger partial charge in [0.25, 0.3) is 0 Å². The van der Waals surface area contributed by atoms with Crippen molar-refractivity contribution in [1.29, 1.82) is 0 Å². The molecule has 1 N–H and O–H groups in total. The number of carbonyl (C=O) groups is 1. The summed E-state index contributed by atoms with van der Waals surface area (Å²) < 4.78 is 35.9. The zero-order chi connectivity index (χ0) is 12.3. The molecule has 1 aliphatic heterocycles. The van der Waals surface area contributed by atoms with E-state index in [-0.39, 0.29) is 24.5 Å². The molecule has 1 rings (SSSR count).